The fourth-order valence-corrected chi connectivity index (χ4v) is 3.33. The molecule has 8 heteroatoms. The van der Waals surface area contributed by atoms with Crippen molar-refractivity contribution in [1.29, 1.82) is 0 Å². The van der Waals surface area contributed by atoms with E-state index in [0.717, 1.165) is 42.5 Å². The first-order valence-electron chi connectivity index (χ1n) is 8.12. The van der Waals surface area contributed by atoms with Crippen molar-refractivity contribution in [3.8, 4) is 0 Å². The summed E-state index contributed by atoms with van der Waals surface area (Å²) in [5.41, 5.74) is 1.26. The first-order chi connectivity index (χ1) is 11.8. The molecule has 3 rings (SSSR count). The highest BCUT2D eigenvalue weighted by atomic mass is 32.1. The number of anilines is 1. The molecule has 24 heavy (non-hydrogen) atoms. The van der Waals surface area contributed by atoms with Crippen molar-refractivity contribution in [1.82, 2.24) is 20.3 Å². The molecule has 0 aromatic carbocycles. The summed E-state index contributed by atoms with van der Waals surface area (Å²) in [6.07, 6.45) is 3.47. The van der Waals surface area contributed by atoms with E-state index < -0.39 is 0 Å². The molecule has 0 bridgehead atoms. The number of amides is 1. The Morgan fingerprint density at radius 3 is 3.00 bits per heavy atom. The number of rotatable bonds is 6. The Labute approximate surface area is 145 Å². The highest BCUT2D eigenvalue weighted by molar-refractivity contribution is 7.09. The number of nitrogens with zero attached hydrogens (tertiary/aromatic N) is 4. The van der Waals surface area contributed by atoms with Gasteiger partial charge in [-0.3, -0.25) is 4.79 Å². The van der Waals surface area contributed by atoms with Crippen LogP contribution in [0.3, 0.4) is 0 Å². The molecule has 0 radical (unpaired) electrons. The fourth-order valence-electron chi connectivity index (χ4n) is 2.45. The van der Waals surface area contributed by atoms with Gasteiger partial charge in [0.2, 0.25) is 0 Å². The maximum atomic E-state index is 12.2. The Balaban J connectivity index is 1.58. The van der Waals surface area contributed by atoms with Crippen molar-refractivity contribution < 1.29 is 9.53 Å². The lowest BCUT2D eigenvalue weighted by molar-refractivity contribution is 0.0946. The van der Waals surface area contributed by atoms with Crippen LogP contribution in [0.15, 0.2) is 17.8 Å². The van der Waals surface area contributed by atoms with Crippen LogP contribution >= 0.6 is 11.3 Å². The van der Waals surface area contributed by atoms with Gasteiger partial charge in [-0.1, -0.05) is 6.92 Å². The molecule has 2 aromatic rings. The van der Waals surface area contributed by atoms with Crippen LogP contribution < -0.4 is 10.2 Å². The maximum absolute atomic E-state index is 12.2. The van der Waals surface area contributed by atoms with E-state index in [1.807, 2.05) is 6.07 Å². The number of carbonyl (C=O) groups excluding carboxylic acids is 1. The summed E-state index contributed by atoms with van der Waals surface area (Å²) in [5, 5.41) is 5.68. The fraction of sp³-hybridized carbons (Fsp3) is 0.500. The van der Waals surface area contributed by atoms with Gasteiger partial charge in [0.25, 0.3) is 5.91 Å². The van der Waals surface area contributed by atoms with Crippen LogP contribution in [0.25, 0.3) is 0 Å². The molecular weight excluding hydrogens is 326 g/mol. The average molecular weight is 347 g/mol. The molecule has 1 aliphatic heterocycles. The van der Waals surface area contributed by atoms with Crippen LogP contribution in [0.4, 0.5) is 5.82 Å². The molecule has 0 spiro atoms. The molecule has 1 saturated heterocycles. The number of hydrogen-bond acceptors (Lipinski definition) is 7. The van der Waals surface area contributed by atoms with Gasteiger partial charge in [-0.2, -0.15) is 0 Å². The van der Waals surface area contributed by atoms with Crippen LogP contribution in [0.1, 0.15) is 34.5 Å². The predicted octanol–water partition coefficient (Wildman–Crippen LogP) is 1.65. The first kappa shape index (κ1) is 16.8. The third kappa shape index (κ3) is 4.27. The van der Waals surface area contributed by atoms with Gasteiger partial charge in [0.1, 0.15) is 17.8 Å². The molecule has 1 fully saturated rings. The van der Waals surface area contributed by atoms with Crippen LogP contribution in [-0.2, 0) is 17.7 Å². The third-order valence-corrected chi connectivity index (χ3v) is 4.63. The number of ether oxygens (including phenoxy) is 1. The second-order valence-electron chi connectivity index (χ2n) is 5.53. The minimum atomic E-state index is -0.167. The number of hydrogen-bond donors (Lipinski definition) is 1. The Kier molecular flexibility index (Phi) is 5.71. The molecule has 0 aliphatic carbocycles. The lowest BCUT2D eigenvalue weighted by atomic mass is 10.3. The van der Waals surface area contributed by atoms with E-state index in [2.05, 4.69) is 32.1 Å². The minimum Gasteiger partial charge on any atom is -0.378 e. The number of carbonyl (C=O) groups is 1. The van der Waals surface area contributed by atoms with E-state index >= 15 is 0 Å². The van der Waals surface area contributed by atoms with Crippen LogP contribution in [-0.4, -0.2) is 47.2 Å². The standard InChI is InChI=1S/C16H21N5O2S/c1-2-3-15-20-13(10-24-15)16(22)17-9-12-8-14(19-11-18-12)21-4-6-23-7-5-21/h8,10-11H,2-7,9H2,1H3,(H,17,22). The molecule has 1 N–H and O–H groups in total. The summed E-state index contributed by atoms with van der Waals surface area (Å²) in [7, 11) is 0. The number of thiazole rings is 1. The number of nitrogens with one attached hydrogen (secondary N) is 1. The quantitative estimate of drug-likeness (QED) is 0.856. The first-order valence-corrected chi connectivity index (χ1v) is 9.00. The molecule has 7 nitrogen and oxygen atoms in total. The van der Waals surface area contributed by atoms with E-state index in [9.17, 15) is 4.79 Å². The van der Waals surface area contributed by atoms with E-state index in [0.29, 0.717) is 25.5 Å². The zero-order chi connectivity index (χ0) is 16.8. The van der Waals surface area contributed by atoms with Gasteiger partial charge in [0.05, 0.1) is 30.5 Å². The zero-order valence-corrected chi connectivity index (χ0v) is 14.5. The van der Waals surface area contributed by atoms with Crippen LogP contribution in [0, 0.1) is 0 Å². The van der Waals surface area contributed by atoms with Crippen molar-refractivity contribution in [2.45, 2.75) is 26.3 Å². The zero-order valence-electron chi connectivity index (χ0n) is 13.7. The van der Waals surface area contributed by atoms with E-state index in [1.165, 1.54) is 17.7 Å². The Hall–Kier alpha value is -2.06. The normalized spacial score (nSPS) is 14.6. The molecule has 1 amide bonds. The van der Waals surface area contributed by atoms with Gasteiger partial charge < -0.3 is 15.0 Å². The molecular formula is C16H21N5O2S. The lowest BCUT2D eigenvalue weighted by Crippen LogP contribution is -2.37. The Bertz CT molecular complexity index is 685. The van der Waals surface area contributed by atoms with Gasteiger partial charge in [-0.05, 0) is 12.8 Å². The highest BCUT2D eigenvalue weighted by Gasteiger charge is 2.14. The number of aromatic nitrogens is 3. The Morgan fingerprint density at radius 2 is 2.21 bits per heavy atom. The highest BCUT2D eigenvalue weighted by Crippen LogP contribution is 2.14. The van der Waals surface area contributed by atoms with Gasteiger partial charge in [-0.25, -0.2) is 15.0 Å². The van der Waals surface area contributed by atoms with E-state index in [1.54, 1.807) is 5.38 Å². The maximum Gasteiger partial charge on any atom is 0.271 e. The summed E-state index contributed by atoms with van der Waals surface area (Å²) in [4.78, 5) is 27.2. The topological polar surface area (TPSA) is 80.2 Å². The monoisotopic (exact) mass is 347 g/mol. The number of morpholine rings is 1. The van der Waals surface area contributed by atoms with Crippen LogP contribution in [0.5, 0.6) is 0 Å². The molecule has 2 aromatic heterocycles. The summed E-state index contributed by atoms with van der Waals surface area (Å²) in [6.45, 7) is 5.52. The van der Waals surface area contributed by atoms with Crippen molar-refractivity contribution in [3.05, 3.63) is 34.2 Å². The van der Waals surface area contributed by atoms with Crippen molar-refractivity contribution in [2.24, 2.45) is 0 Å². The van der Waals surface area contributed by atoms with Crippen LogP contribution in [0.2, 0.25) is 0 Å². The van der Waals surface area contributed by atoms with Crippen molar-refractivity contribution in [3.63, 3.8) is 0 Å². The van der Waals surface area contributed by atoms with E-state index in [4.69, 9.17) is 4.74 Å². The average Bonchev–Trinajstić information content (AvgIpc) is 3.10. The Morgan fingerprint density at radius 1 is 1.38 bits per heavy atom. The molecule has 1 aliphatic rings. The summed E-state index contributed by atoms with van der Waals surface area (Å²) in [5.74, 6) is 0.705. The van der Waals surface area contributed by atoms with Crippen molar-refractivity contribution in [2.75, 3.05) is 31.2 Å². The second kappa shape index (κ2) is 8.16. The SMILES string of the molecule is CCCc1nc(C(=O)NCc2cc(N3CCOCC3)ncn2)cs1. The summed E-state index contributed by atoms with van der Waals surface area (Å²) >= 11 is 1.53. The molecule has 0 saturated carbocycles. The number of aryl methyl sites for hydroxylation is 1. The van der Waals surface area contributed by atoms with Gasteiger partial charge in [0, 0.05) is 24.5 Å². The third-order valence-electron chi connectivity index (χ3n) is 3.72. The molecule has 128 valence electrons. The largest absolute Gasteiger partial charge is 0.378 e. The smallest absolute Gasteiger partial charge is 0.271 e. The van der Waals surface area contributed by atoms with E-state index in [-0.39, 0.29) is 5.91 Å². The predicted molar refractivity (Wildman–Crippen MR) is 92.3 cm³/mol. The summed E-state index contributed by atoms with van der Waals surface area (Å²) < 4.78 is 5.35. The molecule has 3 heterocycles. The van der Waals surface area contributed by atoms with Gasteiger partial charge in [-0.15, -0.1) is 11.3 Å². The minimum absolute atomic E-state index is 0.167. The van der Waals surface area contributed by atoms with Gasteiger partial charge in [0.15, 0.2) is 0 Å². The van der Waals surface area contributed by atoms with Crippen molar-refractivity contribution >= 4 is 23.1 Å². The van der Waals surface area contributed by atoms with Gasteiger partial charge >= 0.3 is 0 Å². The second-order valence-corrected chi connectivity index (χ2v) is 6.47. The lowest BCUT2D eigenvalue weighted by Gasteiger charge is -2.27. The summed E-state index contributed by atoms with van der Waals surface area (Å²) in [6, 6.07) is 1.91. The molecule has 0 unspecified atom stereocenters. The molecule has 0 atom stereocenters.